The lowest BCUT2D eigenvalue weighted by molar-refractivity contribution is -0.122. The number of unbranched alkanes of at least 4 members (excludes halogenated alkanes) is 2. The minimum absolute atomic E-state index is 0.00631. The van der Waals surface area contributed by atoms with Gasteiger partial charge in [-0.15, -0.1) is 11.3 Å². The second-order valence-electron chi connectivity index (χ2n) is 6.21. The van der Waals surface area contributed by atoms with Crippen LogP contribution in [0.2, 0.25) is 0 Å². The summed E-state index contributed by atoms with van der Waals surface area (Å²) in [5, 5.41) is 4.87. The molecule has 0 saturated carbocycles. The van der Waals surface area contributed by atoms with E-state index in [1.165, 1.54) is 11.8 Å². The zero-order chi connectivity index (χ0) is 19.9. The summed E-state index contributed by atoms with van der Waals surface area (Å²) in [6, 6.07) is 11.5. The summed E-state index contributed by atoms with van der Waals surface area (Å²) in [4.78, 5) is 27.9. The second-order valence-corrected chi connectivity index (χ2v) is 9.79. The van der Waals surface area contributed by atoms with E-state index < -0.39 is 0 Å². The molecule has 1 aromatic carbocycles. The van der Waals surface area contributed by atoms with Crippen molar-refractivity contribution in [1.82, 2.24) is 4.90 Å². The second kappa shape index (κ2) is 10.3. The van der Waals surface area contributed by atoms with Gasteiger partial charge < -0.3 is 5.32 Å². The van der Waals surface area contributed by atoms with E-state index in [-0.39, 0.29) is 11.8 Å². The van der Waals surface area contributed by atoms with Crippen molar-refractivity contribution in [2.24, 2.45) is 0 Å². The molecule has 1 aliphatic heterocycles. The molecule has 0 aliphatic carbocycles. The van der Waals surface area contributed by atoms with E-state index in [0.29, 0.717) is 22.2 Å². The first-order valence-corrected chi connectivity index (χ1v) is 11.8. The Morgan fingerprint density at radius 2 is 1.96 bits per heavy atom. The van der Waals surface area contributed by atoms with Crippen LogP contribution in [0.5, 0.6) is 0 Å². The number of rotatable bonds is 8. The zero-order valence-electron chi connectivity index (χ0n) is 15.0. The molecule has 28 heavy (non-hydrogen) atoms. The number of thiocarbonyl (C=S) groups is 1. The molecule has 1 fully saturated rings. The van der Waals surface area contributed by atoms with E-state index >= 15 is 0 Å². The minimum atomic E-state index is -0.0172. The van der Waals surface area contributed by atoms with Crippen molar-refractivity contribution < 1.29 is 9.59 Å². The number of carbonyl (C=O) groups excluding carboxylic acids is 2. The maximum atomic E-state index is 12.5. The number of amides is 2. The molecule has 0 unspecified atom stereocenters. The number of hydrogen-bond donors (Lipinski definition) is 1. The van der Waals surface area contributed by atoms with Crippen molar-refractivity contribution in [1.29, 1.82) is 0 Å². The van der Waals surface area contributed by atoms with Crippen molar-refractivity contribution in [3.8, 4) is 0 Å². The smallest absolute Gasteiger partial charge is 0.266 e. The molecule has 1 saturated heterocycles. The van der Waals surface area contributed by atoms with Gasteiger partial charge >= 0.3 is 0 Å². The van der Waals surface area contributed by atoms with Crippen LogP contribution >= 0.6 is 51.2 Å². The third kappa shape index (κ3) is 6.01. The van der Waals surface area contributed by atoms with Crippen LogP contribution in [-0.2, 0) is 9.59 Å². The lowest BCUT2D eigenvalue weighted by atomic mass is 10.1. The van der Waals surface area contributed by atoms with Crippen LogP contribution in [0, 0.1) is 0 Å². The van der Waals surface area contributed by atoms with Crippen LogP contribution in [0.15, 0.2) is 51.2 Å². The summed E-state index contributed by atoms with van der Waals surface area (Å²) in [5.74, 6) is -0.0109. The molecule has 146 valence electrons. The highest BCUT2D eigenvalue weighted by molar-refractivity contribution is 9.10. The van der Waals surface area contributed by atoms with Gasteiger partial charge in [0.15, 0.2) is 0 Å². The SMILES string of the molecule is O=C(CCCCCN1C(=O)C(=Cc2cccs2)SC1=S)Nc1ccc(Br)cc1. The van der Waals surface area contributed by atoms with Crippen LogP contribution in [-0.4, -0.2) is 27.6 Å². The lowest BCUT2D eigenvalue weighted by Crippen LogP contribution is -2.29. The molecule has 0 bridgehead atoms. The van der Waals surface area contributed by atoms with Crippen molar-refractivity contribution in [3.05, 3.63) is 56.0 Å². The number of halogens is 1. The van der Waals surface area contributed by atoms with Crippen molar-refractivity contribution in [2.75, 3.05) is 11.9 Å². The van der Waals surface area contributed by atoms with E-state index in [1.54, 1.807) is 16.2 Å². The van der Waals surface area contributed by atoms with Crippen LogP contribution in [0.1, 0.15) is 30.6 Å². The average Bonchev–Trinajstić information content (AvgIpc) is 3.27. The first-order valence-electron chi connectivity index (χ1n) is 8.87. The number of hydrogen-bond acceptors (Lipinski definition) is 5. The van der Waals surface area contributed by atoms with Gasteiger partial charge in [0.1, 0.15) is 4.32 Å². The van der Waals surface area contributed by atoms with Gasteiger partial charge in [-0.2, -0.15) is 0 Å². The monoisotopic (exact) mass is 494 g/mol. The largest absolute Gasteiger partial charge is 0.326 e. The van der Waals surface area contributed by atoms with Gasteiger partial charge in [-0.05, 0) is 54.6 Å². The Morgan fingerprint density at radius 1 is 1.18 bits per heavy atom. The van der Waals surface area contributed by atoms with Gasteiger partial charge in [0, 0.05) is 28.0 Å². The predicted octanol–water partition coefficient (Wildman–Crippen LogP) is 5.91. The maximum absolute atomic E-state index is 12.5. The fourth-order valence-electron chi connectivity index (χ4n) is 2.68. The topological polar surface area (TPSA) is 49.4 Å². The molecule has 8 heteroatoms. The lowest BCUT2D eigenvalue weighted by Gasteiger charge is -2.14. The highest BCUT2D eigenvalue weighted by atomic mass is 79.9. The molecule has 4 nitrogen and oxygen atoms in total. The fraction of sp³-hybridized carbons (Fsp3) is 0.250. The Morgan fingerprint density at radius 3 is 2.68 bits per heavy atom. The molecule has 1 aliphatic rings. The Kier molecular flexibility index (Phi) is 7.84. The predicted molar refractivity (Wildman–Crippen MR) is 125 cm³/mol. The normalized spacial score (nSPS) is 15.5. The average molecular weight is 495 g/mol. The number of nitrogens with zero attached hydrogens (tertiary/aromatic N) is 1. The Labute approximate surface area is 186 Å². The van der Waals surface area contributed by atoms with Crippen LogP contribution in [0.25, 0.3) is 6.08 Å². The number of anilines is 1. The van der Waals surface area contributed by atoms with E-state index in [2.05, 4.69) is 21.2 Å². The summed E-state index contributed by atoms with van der Waals surface area (Å²) in [7, 11) is 0. The summed E-state index contributed by atoms with van der Waals surface area (Å²) in [6.45, 7) is 0.598. The molecule has 2 aromatic rings. The highest BCUT2D eigenvalue weighted by Gasteiger charge is 2.31. The molecule has 3 rings (SSSR count). The molecule has 2 heterocycles. The fourth-order valence-corrected chi connectivity index (χ4v) is 4.98. The van der Waals surface area contributed by atoms with Gasteiger partial charge in [-0.25, -0.2) is 0 Å². The summed E-state index contributed by atoms with van der Waals surface area (Å²) in [5.41, 5.74) is 0.795. The van der Waals surface area contributed by atoms with Gasteiger partial charge in [-0.3, -0.25) is 14.5 Å². The molecular weight excluding hydrogens is 476 g/mol. The number of thioether (sulfide) groups is 1. The molecule has 0 radical (unpaired) electrons. The van der Waals surface area contributed by atoms with Crippen LogP contribution in [0.4, 0.5) is 5.69 Å². The molecular formula is C20H19BrN2O2S3. The van der Waals surface area contributed by atoms with Gasteiger partial charge in [0.2, 0.25) is 5.91 Å². The van der Waals surface area contributed by atoms with E-state index in [4.69, 9.17) is 12.2 Å². The van der Waals surface area contributed by atoms with Crippen molar-refractivity contribution >= 4 is 79.1 Å². The summed E-state index contributed by atoms with van der Waals surface area (Å²) in [6.07, 6.45) is 4.84. The molecule has 0 spiro atoms. The van der Waals surface area contributed by atoms with E-state index in [9.17, 15) is 9.59 Å². The minimum Gasteiger partial charge on any atom is -0.326 e. The third-order valence-electron chi connectivity index (χ3n) is 4.10. The number of carbonyl (C=O) groups is 2. The summed E-state index contributed by atoms with van der Waals surface area (Å²) < 4.78 is 1.59. The van der Waals surface area contributed by atoms with Crippen molar-refractivity contribution in [2.45, 2.75) is 25.7 Å². The number of nitrogens with one attached hydrogen (secondary N) is 1. The first-order chi connectivity index (χ1) is 13.5. The molecule has 1 N–H and O–H groups in total. The van der Waals surface area contributed by atoms with Crippen LogP contribution in [0.3, 0.4) is 0 Å². The number of thiophene rings is 1. The quantitative estimate of drug-likeness (QED) is 0.281. The molecule has 1 aromatic heterocycles. The van der Waals surface area contributed by atoms with Gasteiger partial charge in [0.25, 0.3) is 5.91 Å². The molecule has 2 amide bonds. The first kappa shape index (κ1) is 21.2. The number of benzene rings is 1. The van der Waals surface area contributed by atoms with E-state index in [1.807, 2.05) is 47.9 Å². The molecule has 0 atom stereocenters. The standard InChI is InChI=1S/C20H19BrN2O2S3/c21-14-7-9-15(10-8-14)22-18(24)6-2-1-3-11-23-19(25)17(28-20(23)26)13-16-5-4-12-27-16/h4-5,7-10,12-13H,1-3,6,11H2,(H,22,24). The van der Waals surface area contributed by atoms with Gasteiger partial charge in [0.05, 0.1) is 4.91 Å². The van der Waals surface area contributed by atoms with Crippen LogP contribution < -0.4 is 5.32 Å². The Hall–Kier alpha value is -1.48. The van der Waals surface area contributed by atoms with Gasteiger partial charge in [-0.1, -0.05) is 52.4 Å². The Balaban J connectivity index is 1.38. The zero-order valence-corrected chi connectivity index (χ0v) is 19.1. The Bertz CT molecular complexity index is 879. The van der Waals surface area contributed by atoms with Crippen molar-refractivity contribution in [3.63, 3.8) is 0 Å². The third-order valence-corrected chi connectivity index (χ3v) is 6.83. The highest BCUT2D eigenvalue weighted by Crippen LogP contribution is 2.33. The summed E-state index contributed by atoms with van der Waals surface area (Å²) >= 11 is 11.7. The maximum Gasteiger partial charge on any atom is 0.266 e. The van der Waals surface area contributed by atoms with E-state index in [0.717, 1.165) is 34.3 Å².